The zero-order valence-electron chi connectivity index (χ0n) is 17.8. The number of fused-ring (bicyclic) bond motifs is 1. The number of para-hydroxylation sites is 1. The van der Waals surface area contributed by atoms with Gasteiger partial charge in [0.15, 0.2) is 22.4 Å². The minimum atomic E-state index is -0.430. The molecular weight excluding hydrogens is 400 g/mol. The number of ketones is 1. The number of carbonyl (C=O) groups excluding carboxylic acids is 1. The van der Waals surface area contributed by atoms with Crippen molar-refractivity contribution < 1.29 is 14.3 Å². The van der Waals surface area contributed by atoms with E-state index in [-0.39, 0.29) is 11.2 Å². The number of ether oxygens (including phenoxy) is 2. The Morgan fingerprint density at radius 2 is 1.97 bits per heavy atom. The Kier molecular flexibility index (Phi) is 5.13. The molecule has 1 aromatic carbocycles. The Bertz CT molecular complexity index is 1060. The van der Waals surface area contributed by atoms with E-state index < -0.39 is 5.92 Å². The predicted molar refractivity (Wildman–Crippen MR) is 118 cm³/mol. The number of hydrogen-bond acceptors (Lipinski definition) is 8. The molecule has 1 aliphatic heterocycles. The standard InChI is InChI=1S/C22H26N4O3S/c1-22(2)9-12-16(13(27)10-22)15(11-7-6-8-14(28-3)18(11)29-4)17-19(23)25-21(30-5)26-20(17)24-12/h6-8,15H,9-10H2,1-5H3,(H3,23,24,25,26). The van der Waals surface area contributed by atoms with Crippen molar-refractivity contribution in [2.24, 2.45) is 5.41 Å². The fraction of sp³-hybridized carbons (Fsp3) is 0.409. The van der Waals surface area contributed by atoms with Gasteiger partial charge in [0.2, 0.25) is 0 Å². The van der Waals surface area contributed by atoms with Gasteiger partial charge in [-0.2, -0.15) is 0 Å². The Balaban J connectivity index is 2.02. The minimum Gasteiger partial charge on any atom is -0.493 e. The first-order chi connectivity index (χ1) is 14.3. The van der Waals surface area contributed by atoms with Crippen LogP contribution in [0.15, 0.2) is 34.6 Å². The zero-order chi connectivity index (χ0) is 21.6. The molecule has 158 valence electrons. The molecule has 0 amide bonds. The molecule has 3 N–H and O–H groups in total. The van der Waals surface area contributed by atoms with Crippen LogP contribution in [0.25, 0.3) is 0 Å². The number of nitrogens with two attached hydrogens (primary N) is 1. The second kappa shape index (κ2) is 7.50. The average Bonchev–Trinajstić information content (AvgIpc) is 2.70. The number of nitrogens with zero attached hydrogens (tertiary/aromatic N) is 2. The number of rotatable bonds is 4. The van der Waals surface area contributed by atoms with Crippen molar-refractivity contribution in [3.63, 3.8) is 0 Å². The molecule has 0 saturated heterocycles. The minimum absolute atomic E-state index is 0.0996. The van der Waals surface area contributed by atoms with Crippen LogP contribution in [-0.4, -0.2) is 36.2 Å². The van der Waals surface area contributed by atoms with Gasteiger partial charge in [0.25, 0.3) is 0 Å². The van der Waals surface area contributed by atoms with Crippen molar-refractivity contribution in [2.45, 2.75) is 37.8 Å². The predicted octanol–water partition coefficient (Wildman–Crippen LogP) is 4.00. The molecule has 0 bridgehead atoms. The topological polar surface area (TPSA) is 99.4 Å². The number of methoxy groups -OCH3 is 2. The molecular formula is C22H26N4O3S. The molecule has 0 saturated carbocycles. The summed E-state index contributed by atoms with van der Waals surface area (Å²) in [6.45, 7) is 4.21. The van der Waals surface area contributed by atoms with E-state index in [0.29, 0.717) is 45.8 Å². The highest BCUT2D eigenvalue weighted by Gasteiger charge is 2.43. The van der Waals surface area contributed by atoms with E-state index in [1.807, 2.05) is 24.5 Å². The summed E-state index contributed by atoms with van der Waals surface area (Å²) < 4.78 is 11.2. The van der Waals surface area contributed by atoms with E-state index in [4.69, 9.17) is 15.2 Å². The fourth-order valence-corrected chi connectivity index (χ4v) is 4.83. The van der Waals surface area contributed by atoms with Crippen molar-refractivity contribution in [2.75, 3.05) is 31.5 Å². The molecule has 4 rings (SSSR count). The number of hydrogen-bond donors (Lipinski definition) is 2. The lowest BCUT2D eigenvalue weighted by Crippen LogP contribution is -2.34. The number of thioether (sulfide) groups is 1. The lowest BCUT2D eigenvalue weighted by molar-refractivity contribution is -0.118. The molecule has 30 heavy (non-hydrogen) atoms. The van der Waals surface area contributed by atoms with Gasteiger partial charge >= 0.3 is 0 Å². The maximum atomic E-state index is 13.4. The van der Waals surface area contributed by atoms with Crippen LogP contribution in [0.4, 0.5) is 11.6 Å². The van der Waals surface area contributed by atoms with E-state index in [0.717, 1.165) is 17.7 Å². The van der Waals surface area contributed by atoms with Crippen molar-refractivity contribution >= 4 is 29.2 Å². The number of nitrogen functional groups attached to an aromatic ring is 1. The van der Waals surface area contributed by atoms with Crippen molar-refractivity contribution in [3.05, 3.63) is 40.6 Å². The smallest absolute Gasteiger partial charge is 0.191 e. The average molecular weight is 427 g/mol. The molecule has 0 radical (unpaired) electrons. The number of Topliss-reactive ketones (excluding diaryl/α,β-unsaturated/α-hetero) is 1. The van der Waals surface area contributed by atoms with Crippen molar-refractivity contribution in [3.8, 4) is 11.5 Å². The molecule has 1 aromatic heterocycles. The Hall–Kier alpha value is -2.74. The summed E-state index contributed by atoms with van der Waals surface area (Å²) in [5, 5.41) is 3.99. The van der Waals surface area contributed by atoms with E-state index in [1.165, 1.54) is 11.8 Å². The molecule has 1 aliphatic carbocycles. The van der Waals surface area contributed by atoms with Crippen LogP contribution < -0.4 is 20.5 Å². The molecule has 2 heterocycles. The normalized spacial score (nSPS) is 19.6. The molecule has 7 nitrogen and oxygen atoms in total. The number of carbonyl (C=O) groups is 1. The molecule has 0 fully saturated rings. The van der Waals surface area contributed by atoms with Gasteiger partial charge in [-0.1, -0.05) is 37.7 Å². The van der Waals surface area contributed by atoms with E-state index in [2.05, 4.69) is 29.1 Å². The monoisotopic (exact) mass is 426 g/mol. The number of allylic oxidation sites excluding steroid dienone is 2. The number of anilines is 2. The fourth-order valence-electron chi connectivity index (χ4n) is 4.46. The van der Waals surface area contributed by atoms with Crippen molar-refractivity contribution in [1.82, 2.24) is 9.97 Å². The largest absolute Gasteiger partial charge is 0.493 e. The summed E-state index contributed by atoms with van der Waals surface area (Å²) in [4.78, 5) is 22.5. The number of aromatic nitrogens is 2. The summed E-state index contributed by atoms with van der Waals surface area (Å²) in [5.41, 5.74) is 9.40. The van der Waals surface area contributed by atoms with E-state index >= 15 is 0 Å². The van der Waals surface area contributed by atoms with Crippen LogP contribution in [0.5, 0.6) is 11.5 Å². The van der Waals surface area contributed by atoms with Gasteiger partial charge in [-0.05, 0) is 24.2 Å². The first kappa shape index (κ1) is 20.5. The maximum absolute atomic E-state index is 13.4. The molecule has 0 spiro atoms. The SMILES string of the molecule is COc1cccc(C2C3=C(CC(C)(C)CC3=O)Nc3nc(SC)nc(N)c32)c1OC. The number of benzene rings is 1. The quantitative estimate of drug-likeness (QED) is 0.559. The van der Waals surface area contributed by atoms with Crippen LogP contribution >= 0.6 is 11.8 Å². The third-order valence-corrected chi connectivity index (χ3v) is 6.20. The maximum Gasteiger partial charge on any atom is 0.191 e. The zero-order valence-corrected chi connectivity index (χ0v) is 18.6. The lowest BCUT2D eigenvalue weighted by Gasteiger charge is -2.39. The van der Waals surface area contributed by atoms with Crippen LogP contribution in [0.3, 0.4) is 0 Å². The summed E-state index contributed by atoms with van der Waals surface area (Å²) in [6, 6.07) is 5.67. The Morgan fingerprint density at radius 1 is 1.20 bits per heavy atom. The lowest BCUT2D eigenvalue weighted by atomic mass is 9.69. The number of nitrogens with one attached hydrogen (secondary N) is 1. The molecule has 2 aromatic rings. The highest BCUT2D eigenvalue weighted by Crippen LogP contribution is 2.52. The van der Waals surface area contributed by atoms with Gasteiger partial charge in [0.1, 0.15) is 11.6 Å². The van der Waals surface area contributed by atoms with Crippen LogP contribution in [0.1, 0.15) is 43.7 Å². The summed E-state index contributed by atoms with van der Waals surface area (Å²) >= 11 is 1.43. The van der Waals surface area contributed by atoms with Crippen molar-refractivity contribution in [1.29, 1.82) is 0 Å². The van der Waals surface area contributed by atoms with E-state index in [9.17, 15) is 4.79 Å². The summed E-state index contributed by atoms with van der Waals surface area (Å²) in [7, 11) is 3.19. The first-order valence-corrected chi connectivity index (χ1v) is 11.0. The van der Waals surface area contributed by atoms with Gasteiger partial charge in [-0.15, -0.1) is 0 Å². The molecule has 8 heteroatoms. The van der Waals surface area contributed by atoms with Crippen LogP contribution in [0.2, 0.25) is 0 Å². The molecule has 1 atom stereocenters. The highest BCUT2D eigenvalue weighted by atomic mass is 32.2. The second-order valence-corrected chi connectivity index (χ2v) is 9.11. The van der Waals surface area contributed by atoms with Gasteiger partial charge in [0, 0.05) is 28.8 Å². The third-order valence-electron chi connectivity index (χ3n) is 5.65. The van der Waals surface area contributed by atoms with Gasteiger partial charge < -0.3 is 20.5 Å². The van der Waals surface area contributed by atoms with E-state index in [1.54, 1.807) is 14.2 Å². The van der Waals surface area contributed by atoms with Gasteiger partial charge in [-0.25, -0.2) is 9.97 Å². The second-order valence-electron chi connectivity index (χ2n) is 8.33. The first-order valence-electron chi connectivity index (χ1n) is 9.75. The van der Waals surface area contributed by atoms with Gasteiger partial charge in [-0.3, -0.25) is 4.79 Å². The summed E-state index contributed by atoms with van der Waals surface area (Å²) in [5.74, 6) is 1.85. The summed E-state index contributed by atoms with van der Waals surface area (Å²) in [6.07, 6.45) is 3.12. The Labute approximate surface area is 180 Å². The molecule has 1 unspecified atom stereocenters. The third kappa shape index (κ3) is 3.29. The van der Waals surface area contributed by atoms with Crippen LogP contribution in [0, 0.1) is 5.41 Å². The van der Waals surface area contributed by atoms with Gasteiger partial charge in [0.05, 0.1) is 20.1 Å². The molecule has 2 aliphatic rings. The highest BCUT2D eigenvalue weighted by molar-refractivity contribution is 7.98. The van der Waals surface area contributed by atoms with Crippen LogP contribution in [-0.2, 0) is 4.79 Å². The Morgan fingerprint density at radius 3 is 2.63 bits per heavy atom.